The van der Waals surface area contributed by atoms with Crippen molar-refractivity contribution in [2.45, 2.75) is 40.3 Å². The standard InChI is InChI=1S/C11H17NO.CH4/c1-11(2,3)12-8-9-5-4-6-10(13)7-9;/h4-7,12-13H,8H2,1-3H3;1H4. The third-order valence-electron chi connectivity index (χ3n) is 1.73. The Balaban J connectivity index is 0.00000169. The highest BCUT2D eigenvalue weighted by molar-refractivity contribution is 5.26. The van der Waals surface area contributed by atoms with Crippen LogP contribution in [-0.4, -0.2) is 10.6 Å². The van der Waals surface area contributed by atoms with Crippen LogP contribution in [0.25, 0.3) is 0 Å². The molecule has 0 unspecified atom stereocenters. The van der Waals surface area contributed by atoms with Gasteiger partial charge >= 0.3 is 0 Å². The van der Waals surface area contributed by atoms with Gasteiger partial charge in [0.2, 0.25) is 0 Å². The van der Waals surface area contributed by atoms with Gasteiger partial charge in [0.1, 0.15) is 5.75 Å². The van der Waals surface area contributed by atoms with Crippen LogP contribution in [0.4, 0.5) is 0 Å². The van der Waals surface area contributed by atoms with Gasteiger partial charge in [-0.2, -0.15) is 0 Å². The third kappa shape index (κ3) is 4.87. The van der Waals surface area contributed by atoms with Gasteiger partial charge in [-0.3, -0.25) is 0 Å². The maximum Gasteiger partial charge on any atom is 0.115 e. The fourth-order valence-corrected chi connectivity index (χ4v) is 1.03. The van der Waals surface area contributed by atoms with E-state index in [0.717, 1.165) is 12.1 Å². The Kier molecular flexibility index (Phi) is 4.64. The van der Waals surface area contributed by atoms with Gasteiger partial charge in [-0.25, -0.2) is 0 Å². The van der Waals surface area contributed by atoms with E-state index in [0.29, 0.717) is 5.75 Å². The molecular formula is C12H21NO. The van der Waals surface area contributed by atoms with E-state index in [1.165, 1.54) is 0 Å². The highest BCUT2D eigenvalue weighted by Gasteiger charge is 2.07. The Morgan fingerprint density at radius 2 is 1.93 bits per heavy atom. The lowest BCUT2D eigenvalue weighted by molar-refractivity contribution is 0.422. The molecule has 80 valence electrons. The highest BCUT2D eigenvalue weighted by Crippen LogP contribution is 2.11. The SMILES string of the molecule is C.CC(C)(C)NCc1cccc(O)c1. The lowest BCUT2D eigenvalue weighted by Gasteiger charge is -2.20. The molecular weight excluding hydrogens is 174 g/mol. The summed E-state index contributed by atoms with van der Waals surface area (Å²) in [5.74, 6) is 0.327. The molecule has 2 nitrogen and oxygen atoms in total. The van der Waals surface area contributed by atoms with Crippen LogP contribution in [-0.2, 0) is 6.54 Å². The zero-order valence-electron chi connectivity index (χ0n) is 8.46. The predicted molar refractivity (Wildman–Crippen MR) is 61.4 cm³/mol. The molecule has 0 radical (unpaired) electrons. The smallest absolute Gasteiger partial charge is 0.115 e. The molecule has 0 fully saturated rings. The average Bonchev–Trinajstić information content (AvgIpc) is 2.00. The number of aromatic hydroxyl groups is 1. The molecule has 0 saturated heterocycles. The molecule has 1 rings (SSSR count). The molecule has 0 aliphatic heterocycles. The Hall–Kier alpha value is -1.02. The van der Waals surface area contributed by atoms with Crippen molar-refractivity contribution in [3.8, 4) is 5.75 Å². The molecule has 0 spiro atoms. The first-order valence-electron chi connectivity index (χ1n) is 4.50. The molecule has 14 heavy (non-hydrogen) atoms. The quantitative estimate of drug-likeness (QED) is 0.760. The first-order chi connectivity index (χ1) is 5.97. The molecule has 0 amide bonds. The van der Waals surface area contributed by atoms with Crippen LogP contribution in [0.5, 0.6) is 5.75 Å². The zero-order chi connectivity index (χ0) is 9.90. The summed E-state index contributed by atoms with van der Waals surface area (Å²) < 4.78 is 0. The molecule has 1 aromatic rings. The Bertz CT molecular complexity index is 276. The fraction of sp³-hybridized carbons (Fsp3) is 0.500. The topological polar surface area (TPSA) is 32.3 Å². The summed E-state index contributed by atoms with van der Waals surface area (Å²) in [6.07, 6.45) is 0. The molecule has 2 N–H and O–H groups in total. The van der Waals surface area contributed by atoms with Crippen molar-refractivity contribution in [3.05, 3.63) is 29.8 Å². The van der Waals surface area contributed by atoms with E-state index in [9.17, 15) is 5.11 Å². The van der Waals surface area contributed by atoms with E-state index in [-0.39, 0.29) is 13.0 Å². The minimum Gasteiger partial charge on any atom is -0.508 e. The molecule has 0 aliphatic rings. The first kappa shape index (κ1) is 13.0. The van der Waals surface area contributed by atoms with Crippen molar-refractivity contribution in [2.24, 2.45) is 0 Å². The Morgan fingerprint density at radius 3 is 2.43 bits per heavy atom. The van der Waals surface area contributed by atoms with Crippen LogP contribution in [0, 0.1) is 0 Å². The minimum absolute atomic E-state index is 0. The molecule has 0 bridgehead atoms. The van der Waals surface area contributed by atoms with E-state index >= 15 is 0 Å². The van der Waals surface area contributed by atoms with Crippen molar-refractivity contribution < 1.29 is 5.11 Å². The number of phenols is 1. The lowest BCUT2D eigenvalue weighted by Crippen LogP contribution is -2.34. The summed E-state index contributed by atoms with van der Waals surface area (Å²) in [6, 6.07) is 7.31. The van der Waals surface area contributed by atoms with Gasteiger partial charge in [0.05, 0.1) is 0 Å². The number of hydrogen-bond acceptors (Lipinski definition) is 2. The molecule has 0 heterocycles. The summed E-state index contributed by atoms with van der Waals surface area (Å²) in [6.45, 7) is 7.15. The van der Waals surface area contributed by atoms with Gasteiger partial charge in [0.15, 0.2) is 0 Å². The summed E-state index contributed by atoms with van der Waals surface area (Å²) in [7, 11) is 0. The number of rotatable bonds is 2. The van der Waals surface area contributed by atoms with Gasteiger partial charge in [-0.05, 0) is 38.5 Å². The molecule has 0 atom stereocenters. The van der Waals surface area contributed by atoms with Crippen molar-refractivity contribution in [3.63, 3.8) is 0 Å². The van der Waals surface area contributed by atoms with Gasteiger partial charge in [0, 0.05) is 12.1 Å². The molecule has 1 aromatic carbocycles. The van der Waals surface area contributed by atoms with Crippen LogP contribution in [0.3, 0.4) is 0 Å². The summed E-state index contributed by atoms with van der Waals surface area (Å²) in [5, 5.41) is 12.6. The number of benzene rings is 1. The number of nitrogens with one attached hydrogen (secondary N) is 1. The van der Waals surface area contributed by atoms with E-state index in [4.69, 9.17) is 0 Å². The average molecular weight is 195 g/mol. The molecule has 2 heteroatoms. The van der Waals surface area contributed by atoms with Crippen molar-refractivity contribution in [1.82, 2.24) is 5.32 Å². The van der Waals surface area contributed by atoms with E-state index < -0.39 is 0 Å². The normalized spacial score (nSPS) is 10.8. The Morgan fingerprint density at radius 1 is 1.29 bits per heavy atom. The maximum atomic E-state index is 9.21. The van der Waals surface area contributed by atoms with Crippen molar-refractivity contribution in [1.29, 1.82) is 0 Å². The zero-order valence-corrected chi connectivity index (χ0v) is 8.46. The van der Waals surface area contributed by atoms with Gasteiger partial charge in [-0.1, -0.05) is 19.6 Å². The van der Waals surface area contributed by atoms with Crippen molar-refractivity contribution in [2.75, 3.05) is 0 Å². The van der Waals surface area contributed by atoms with E-state index in [1.807, 2.05) is 12.1 Å². The van der Waals surface area contributed by atoms with Crippen LogP contribution < -0.4 is 5.32 Å². The second-order valence-electron chi connectivity index (χ2n) is 4.27. The second kappa shape index (κ2) is 5.01. The monoisotopic (exact) mass is 195 g/mol. The second-order valence-corrected chi connectivity index (χ2v) is 4.27. The van der Waals surface area contributed by atoms with Crippen LogP contribution in [0.1, 0.15) is 33.8 Å². The third-order valence-corrected chi connectivity index (χ3v) is 1.73. The highest BCUT2D eigenvalue weighted by atomic mass is 16.3. The minimum atomic E-state index is 0. The Labute approximate surface area is 87.0 Å². The molecule has 0 aromatic heterocycles. The van der Waals surface area contributed by atoms with E-state index in [1.54, 1.807) is 12.1 Å². The largest absolute Gasteiger partial charge is 0.508 e. The number of phenolic OH excluding ortho intramolecular Hbond substituents is 1. The van der Waals surface area contributed by atoms with Gasteiger partial charge < -0.3 is 10.4 Å². The van der Waals surface area contributed by atoms with Gasteiger partial charge in [-0.15, -0.1) is 0 Å². The van der Waals surface area contributed by atoms with Crippen LogP contribution in [0.15, 0.2) is 24.3 Å². The summed E-state index contributed by atoms with van der Waals surface area (Å²) in [4.78, 5) is 0. The van der Waals surface area contributed by atoms with E-state index in [2.05, 4.69) is 26.1 Å². The number of hydrogen-bond donors (Lipinski definition) is 2. The fourth-order valence-electron chi connectivity index (χ4n) is 1.03. The predicted octanol–water partition coefficient (Wildman–Crippen LogP) is 2.92. The lowest BCUT2D eigenvalue weighted by atomic mass is 10.1. The van der Waals surface area contributed by atoms with Gasteiger partial charge in [0.25, 0.3) is 0 Å². The summed E-state index contributed by atoms with van der Waals surface area (Å²) in [5.41, 5.74) is 1.22. The van der Waals surface area contributed by atoms with Crippen molar-refractivity contribution >= 4 is 0 Å². The maximum absolute atomic E-state index is 9.21. The van der Waals surface area contributed by atoms with Crippen LogP contribution >= 0.6 is 0 Å². The molecule has 0 aliphatic carbocycles. The van der Waals surface area contributed by atoms with Crippen LogP contribution in [0.2, 0.25) is 0 Å². The summed E-state index contributed by atoms with van der Waals surface area (Å²) >= 11 is 0. The molecule has 0 saturated carbocycles. The first-order valence-corrected chi connectivity index (χ1v) is 4.50.